The Morgan fingerprint density at radius 2 is 1.88 bits per heavy atom. The van der Waals surface area contributed by atoms with Crippen molar-refractivity contribution in [2.24, 2.45) is 11.8 Å². The number of H-pyrrole nitrogens is 1. The molecule has 8 nitrogen and oxygen atoms in total. The molecule has 1 fully saturated rings. The largest absolute Gasteiger partial charge is 0.481 e. The van der Waals surface area contributed by atoms with E-state index in [2.05, 4.69) is 5.10 Å². The van der Waals surface area contributed by atoms with Crippen molar-refractivity contribution in [2.45, 2.75) is 26.3 Å². The topological polar surface area (TPSA) is 112 Å². The lowest BCUT2D eigenvalue weighted by atomic mass is 9.90. The number of aromatic nitrogens is 2. The highest BCUT2D eigenvalue weighted by Crippen LogP contribution is 2.22. The van der Waals surface area contributed by atoms with Crippen LogP contribution in [0.25, 0.3) is 10.8 Å². The van der Waals surface area contributed by atoms with Crippen molar-refractivity contribution in [3.05, 3.63) is 45.0 Å². The minimum Gasteiger partial charge on any atom is -0.481 e. The van der Waals surface area contributed by atoms with Gasteiger partial charge in [0, 0.05) is 19.5 Å². The summed E-state index contributed by atoms with van der Waals surface area (Å²) in [5.74, 6) is -1.57. The molecule has 1 aliphatic rings. The van der Waals surface area contributed by atoms with Crippen LogP contribution in [0.15, 0.2) is 33.9 Å². The van der Waals surface area contributed by atoms with Gasteiger partial charge in [0.2, 0.25) is 5.91 Å². The quantitative estimate of drug-likeness (QED) is 0.832. The van der Waals surface area contributed by atoms with Crippen LogP contribution in [0, 0.1) is 11.8 Å². The fraction of sp³-hybridized carbons (Fsp3) is 0.444. The first kappa shape index (κ1) is 17.9. The summed E-state index contributed by atoms with van der Waals surface area (Å²) in [5.41, 5.74) is -0.742. The normalized spacial score (nSPS) is 20.3. The number of piperidine rings is 1. The molecule has 2 aromatic rings. The minimum atomic E-state index is -0.899. The maximum Gasteiger partial charge on any atom is 0.308 e. The van der Waals surface area contributed by atoms with Gasteiger partial charge in [-0.3, -0.25) is 24.3 Å². The molecule has 0 radical (unpaired) electrons. The maximum absolute atomic E-state index is 12.5. The number of nitrogens with zero attached hydrogens (tertiary/aromatic N) is 2. The molecule has 0 spiro atoms. The van der Waals surface area contributed by atoms with E-state index in [9.17, 15) is 24.3 Å². The minimum absolute atomic E-state index is 0.0211. The molecule has 8 heteroatoms. The van der Waals surface area contributed by atoms with Crippen LogP contribution in [0.2, 0.25) is 0 Å². The summed E-state index contributed by atoms with van der Waals surface area (Å²) in [5, 5.41) is 12.3. The summed E-state index contributed by atoms with van der Waals surface area (Å²) in [6.45, 7) is 2.65. The SMILES string of the molecule is CC1CC(C(=O)O)CN(C(=O)CCn2[nH]c(=O)c3ccccc3c2=O)C1. The summed E-state index contributed by atoms with van der Waals surface area (Å²) in [6.07, 6.45) is 0.573. The van der Waals surface area contributed by atoms with E-state index in [0.717, 1.165) is 4.68 Å². The average Bonchev–Trinajstić information content (AvgIpc) is 2.62. The number of aromatic amines is 1. The van der Waals surface area contributed by atoms with Gasteiger partial charge in [0.25, 0.3) is 11.1 Å². The van der Waals surface area contributed by atoms with E-state index in [1.54, 1.807) is 24.3 Å². The van der Waals surface area contributed by atoms with Gasteiger partial charge in [-0.05, 0) is 24.5 Å². The number of hydrogen-bond donors (Lipinski definition) is 2. The second-order valence-corrected chi connectivity index (χ2v) is 6.87. The molecule has 1 aromatic carbocycles. The number of aryl methyl sites for hydroxylation is 1. The second-order valence-electron chi connectivity index (χ2n) is 6.87. The molecular weight excluding hydrogens is 338 g/mol. The van der Waals surface area contributed by atoms with Crippen LogP contribution in [0.5, 0.6) is 0 Å². The third kappa shape index (κ3) is 3.54. The zero-order chi connectivity index (χ0) is 18.8. The van der Waals surface area contributed by atoms with Gasteiger partial charge < -0.3 is 10.0 Å². The first-order chi connectivity index (χ1) is 12.4. The van der Waals surface area contributed by atoms with Crippen molar-refractivity contribution in [3.63, 3.8) is 0 Å². The van der Waals surface area contributed by atoms with Crippen molar-refractivity contribution < 1.29 is 14.7 Å². The monoisotopic (exact) mass is 359 g/mol. The first-order valence-electron chi connectivity index (χ1n) is 8.59. The number of hydrogen-bond acceptors (Lipinski definition) is 4. The summed E-state index contributed by atoms with van der Waals surface area (Å²) in [6, 6.07) is 6.52. The lowest BCUT2D eigenvalue weighted by Crippen LogP contribution is -2.46. The lowest BCUT2D eigenvalue weighted by molar-refractivity contribution is -0.147. The average molecular weight is 359 g/mol. The second kappa shape index (κ2) is 7.15. The first-order valence-corrected chi connectivity index (χ1v) is 8.59. The van der Waals surface area contributed by atoms with E-state index in [4.69, 9.17) is 0 Å². The number of amides is 1. The zero-order valence-electron chi connectivity index (χ0n) is 14.5. The molecule has 138 valence electrons. The zero-order valence-corrected chi connectivity index (χ0v) is 14.5. The van der Waals surface area contributed by atoms with Crippen LogP contribution in [-0.2, 0) is 16.1 Å². The van der Waals surface area contributed by atoms with Crippen LogP contribution in [-0.4, -0.2) is 44.8 Å². The Morgan fingerprint density at radius 1 is 1.19 bits per heavy atom. The number of aliphatic carboxylic acids is 1. The fourth-order valence-corrected chi connectivity index (χ4v) is 3.50. The Balaban J connectivity index is 1.75. The van der Waals surface area contributed by atoms with Gasteiger partial charge >= 0.3 is 5.97 Å². The number of carboxylic acid groups (broad SMARTS) is 1. The molecule has 1 amide bonds. The number of carboxylic acids is 1. The Kier molecular flexibility index (Phi) is 4.92. The lowest BCUT2D eigenvalue weighted by Gasteiger charge is -2.34. The third-order valence-electron chi connectivity index (χ3n) is 4.79. The van der Waals surface area contributed by atoms with E-state index < -0.39 is 11.9 Å². The summed E-state index contributed by atoms with van der Waals surface area (Å²) in [4.78, 5) is 49.8. The number of carbonyl (C=O) groups excluding carboxylic acids is 1. The molecule has 3 rings (SSSR count). The van der Waals surface area contributed by atoms with Gasteiger partial charge in [-0.25, -0.2) is 4.68 Å². The number of benzene rings is 1. The Labute approximate surface area is 149 Å². The third-order valence-corrected chi connectivity index (χ3v) is 4.79. The van der Waals surface area contributed by atoms with Gasteiger partial charge in [-0.2, -0.15) is 0 Å². The highest BCUT2D eigenvalue weighted by molar-refractivity contribution is 5.80. The van der Waals surface area contributed by atoms with E-state index in [0.29, 0.717) is 23.7 Å². The van der Waals surface area contributed by atoms with E-state index in [-0.39, 0.29) is 42.5 Å². The van der Waals surface area contributed by atoms with Crippen LogP contribution < -0.4 is 11.1 Å². The molecule has 26 heavy (non-hydrogen) atoms. The number of likely N-dealkylation sites (tertiary alicyclic amines) is 1. The summed E-state index contributed by atoms with van der Waals surface area (Å²) >= 11 is 0. The highest BCUT2D eigenvalue weighted by atomic mass is 16.4. The van der Waals surface area contributed by atoms with Crippen LogP contribution in [0.1, 0.15) is 19.8 Å². The summed E-state index contributed by atoms with van der Waals surface area (Å²) in [7, 11) is 0. The smallest absolute Gasteiger partial charge is 0.308 e. The standard InChI is InChI=1S/C18H21N3O5/c1-11-8-12(18(25)26)10-20(9-11)15(22)6-7-21-17(24)14-5-3-2-4-13(14)16(23)19-21/h2-5,11-12H,6-10H2,1H3,(H,19,23)(H,25,26). The van der Waals surface area contributed by atoms with Crippen molar-refractivity contribution in [3.8, 4) is 0 Å². The van der Waals surface area contributed by atoms with Gasteiger partial charge in [0.15, 0.2) is 0 Å². The van der Waals surface area contributed by atoms with Crippen LogP contribution in [0.4, 0.5) is 0 Å². The van der Waals surface area contributed by atoms with Crippen LogP contribution >= 0.6 is 0 Å². The Bertz CT molecular complexity index is 961. The number of nitrogens with one attached hydrogen (secondary N) is 1. The van der Waals surface area contributed by atoms with E-state index in [1.165, 1.54) is 4.90 Å². The predicted octanol–water partition coefficient (Wildman–Crippen LogP) is 0.649. The van der Waals surface area contributed by atoms with Gasteiger partial charge in [-0.1, -0.05) is 19.1 Å². The molecule has 1 aliphatic heterocycles. The molecule has 1 saturated heterocycles. The van der Waals surface area contributed by atoms with E-state index >= 15 is 0 Å². The predicted molar refractivity (Wildman–Crippen MR) is 94.9 cm³/mol. The number of rotatable bonds is 4. The number of carbonyl (C=O) groups is 2. The molecule has 0 bridgehead atoms. The van der Waals surface area contributed by atoms with E-state index in [1.807, 2.05) is 6.92 Å². The molecule has 2 N–H and O–H groups in total. The fourth-order valence-electron chi connectivity index (χ4n) is 3.50. The number of fused-ring (bicyclic) bond motifs is 1. The highest BCUT2D eigenvalue weighted by Gasteiger charge is 2.31. The maximum atomic E-state index is 12.5. The van der Waals surface area contributed by atoms with Gasteiger partial charge in [0.1, 0.15) is 0 Å². The summed E-state index contributed by atoms with van der Waals surface area (Å²) < 4.78 is 1.14. The van der Waals surface area contributed by atoms with Crippen molar-refractivity contribution in [2.75, 3.05) is 13.1 Å². The van der Waals surface area contributed by atoms with Crippen molar-refractivity contribution in [1.29, 1.82) is 0 Å². The molecule has 1 aromatic heterocycles. The van der Waals surface area contributed by atoms with Crippen LogP contribution in [0.3, 0.4) is 0 Å². The Hall–Kier alpha value is -2.90. The van der Waals surface area contributed by atoms with Gasteiger partial charge in [-0.15, -0.1) is 0 Å². The van der Waals surface area contributed by atoms with Crippen molar-refractivity contribution in [1.82, 2.24) is 14.7 Å². The molecule has 0 aliphatic carbocycles. The molecule has 2 unspecified atom stereocenters. The molecule has 0 saturated carbocycles. The Morgan fingerprint density at radius 3 is 2.58 bits per heavy atom. The molecule has 2 heterocycles. The molecular formula is C18H21N3O5. The van der Waals surface area contributed by atoms with Crippen molar-refractivity contribution >= 4 is 22.6 Å². The molecule has 2 atom stereocenters. The van der Waals surface area contributed by atoms with Gasteiger partial charge in [0.05, 0.1) is 23.2 Å².